The molecule has 0 amide bonds. The van der Waals surface area contributed by atoms with Crippen molar-refractivity contribution in [3.8, 4) is 0 Å². The fraction of sp³-hybridized carbons (Fsp3) is 1.00. The first kappa shape index (κ1) is 14.7. The normalized spacial score (nSPS) is 13.3. The van der Waals surface area contributed by atoms with Gasteiger partial charge in [-0.05, 0) is 0 Å². The molecule has 0 aromatic heterocycles. The number of hydrogen-bond donors (Lipinski definition) is 0. The molecular formula is C13H30Ti. The second kappa shape index (κ2) is 6.33. The van der Waals surface area contributed by atoms with Gasteiger partial charge >= 0.3 is 95.3 Å². The van der Waals surface area contributed by atoms with Gasteiger partial charge in [0.15, 0.2) is 0 Å². The Kier molecular flexibility index (Phi) is 6.65. The van der Waals surface area contributed by atoms with Gasteiger partial charge in [0.05, 0.1) is 0 Å². The van der Waals surface area contributed by atoms with Crippen LogP contribution in [0.1, 0.15) is 41.5 Å². The van der Waals surface area contributed by atoms with Crippen LogP contribution in [0.2, 0.25) is 19.4 Å². The molecule has 0 spiro atoms. The van der Waals surface area contributed by atoms with Gasteiger partial charge in [0, 0.05) is 0 Å². The van der Waals surface area contributed by atoms with Crippen molar-refractivity contribution in [3.63, 3.8) is 0 Å². The van der Waals surface area contributed by atoms with Gasteiger partial charge in [-0.15, -0.1) is 0 Å². The molecule has 0 aliphatic rings. The third-order valence-electron chi connectivity index (χ3n) is 2.70. The molecule has 0 unspecified atom stereocenters. The topological polar surface area (TPSA) is 0 Å². The number of hydrogen-bond acceptors (Lipinski definition) is 0. The average molecular weight is 234 g/mol. The predicted molar refractivity (Wildman–Crippen MR) is 64.8 cm³/mol. The molecular weight excluding hydrogens is 204 g/mol. The molecule has 0 saturated heterocycles. The van der Waals surface area contributed by atoms with Gasteiger partial charge in [-0.3, -0.25) is 0 Å². The summed E-state index contributed by atoms with van der Waals surface area (Å²) in [6, 6.07) is 0. The Balaban J connectivity index is 4.32. The van der Waals surface area contributed by atoms with E-state index in [2.05, 4.69) is 46.8 Å². The fourth-order valence-corrected chi connectivity index (χ4v) is 13.2. The fourth-order valence-electron chi connectivity index (χ4n) is 3.21. The first-order valence-corrected chi connectivity index (χ1v) is 11.1. The third kappa shape index (κ3) is 7.07. The van der Waals surface area contributed by atoms with Crippen LogP contribution in [0.5, 0.6) is 0 Å². The minimum atomic E-state index is -1.47. The maximum atomic E-state index is 2.67. The molecule has 0 fully saturated rings. The van der Waals surface area contributed by atoms with Crippen molar-refractivity contribution < 1.29 is 16.6 Å². The van der Waals surface area contributed by atoms with E-state index in [9.17, 15) is 0 Å². The van der Waals surface area contributed by atoms with Crippen LogP contribution in [0, 0.1) is 17.8 Å². The van der Waals surface area contributed by atoms with Crippen molar-refractivity contribution in [2.75, 3.05) is 0 Å². The van der Waals surface area contributed by atoms with E-state index in [1.165, 1.54) is 0 Å². The van der Waals surface area contributed by atoms with Gasteiger partial charge in [0.1, 0.15) is 0 Å². The van der Waals surface area contributed by atoms with E-state index in [0.29, 0.717) is 0 Å². The Morgan fingerprint density at radius 2 is 0.857 bits per heavy atom. The zero-order valence-corrected chi connectivity index (χ0v) is 12.9. The molecule has 86 valence electrons. The van der Waals surface area contributed by atoms with Crippen LogP contribution in [0.15, 0.2) is 0 Å². The first-order chi connectivity index (χ1) is 6.25. The van der Waals surface area contributed by atoms with Crippen molar-refractivity contribution >= 4 is 0 Å². The summed E-state index contributed by atoms with van der Waals surface area (Å²) < 4.78 is 4.70. The Morgan fingerprint density at radius 1 is 0.643 bits per heavy atom. The predicted octanol–water partition coefficient (Wildman–Crippen LogP) is 5.41. The Hall–Kier alpha value is 0.714. The van der Waals surface area contributed by atoms with Crippen LogP contribution in [-0.4, -0.2) is 0 Å². The summed E-state index contributed by atoms with van der Waals surface area (Å²) in [5.74, 6) is 2.74. The van der Waals surface area contributed by atoms with E-state index < -0.39 is 16.6 Å². The SMILES string of the molecule is CC(C)[CH2][Ti]([CH3])([CH2]C(C)C)[CH2]C(C)C. The second-order valence-corrected chi connectivity index (χ2v) is 14.2. The van der Waals surface area contributed by atoms with Gasteiger partial charge in [-0.25, -0.2) is 0 Å². The molecule has 0 atom stereocenters. The summed E-state index contributed by atoms with van der Waals surface area (Å²) in [7, 11) is 0. The molecule has 0 N–H and O–H groups in total. The van der Waals surface area contributed by atoms with Gasteiger partial charge < -0.3 is 0 Å². The van der Waals surface area contributed by atoms with Crippen molar-refractivity contribution in [1.29, 1.82) is 0 Å². The quantitative estimate of drug-likeness (QED) is 0.539. The van der Waals surface area contributed by atoms with Gasteiger partial charge in [0.25, 0.3) is 0 Å². The van der Waals surface area contributed by atoms with E-state index in [1.807, 2.05) is 0 Å². The van der Waals surface area contributed by atoms with E-state index in [1.54, 1.807) is 14.2 Å². The molecule has 0 aliphatic heterocycles. The summed E-state index contributed by atoms with van der Waals surface area (Å²) in [6.45, 7) is 14.4. The second-order valence-electron chi connectivity index (χ2n) is 6.60. The van der Waals surface area contributed by atoms with Crippen molar-refractivity contribution in [2.24, 2.45) is 17.8 Å². The minimum absolute atomic E-state index is 0.914. The molecule has 0 heterocycles. The summed E-state index contributed by atoms with van der Waals surface area (Å²) in [6.07, 6.45) is 0. The molecule has 14 heavy (non-hydrogen) atoms. The van der Waals surface area contributed by atoms with Crippen LogP contribution in [0.4, 0.5) is 0 Å². The molecule has 0 nitrogen and oxygen atoms in total. The van der Waals surface area contributed by atoms with Crippen molar-refractivity contribution in [3.05, 3.63) is 0 Å². The summed E-state index contributed by atoms with van der Waals surface area (Å²) in [5.41, 5.74) is 0. The molecule has 0 aliphatic carbocycles. The molecule has 0 aromatic carbocycles. The Morgan fingerprint density at radius 3 is 1.00 bits per heavy atom. The summed E-state index contributed by atoms with van der Waals surface area (Å²) >= 11 is -1.47. The molecule has 0 bridgehead atoms. The van der Waals surface area contributed by atoms with E-state index >= 15 is 0 Å². The zero-order valence-electron chi connectivity index (χ0n) is 11.4. The van der Waals surface area contributed by atoms with E-state index in [-0.39, 0.29) is 0 Å². The number of rotatable bonds is 6. The summed E-state index contributed by atoms with van der Waals surface area (Å²) in [4.78, 5) is 0. The van der Waals surface area contributed by atoms with Crippen molar-refractivity contribution in [2.45, 2.75) is 60.9 Å². The monoisotopic (exact) mass is 234 g/mol. The molecule has 1 heteroatoms. The van der Waals surface area contributed by atoms with Gasteiger partial charge in [-0.1, -0.05) is 0 Å². The van der Waals surface area contributed by atoms with E-state index in [4.69, 9.17) is 0 Å². The Labute approximate surface area is 95.2 Å². The molecule has 0 saturated carbocycles. The van der Waals surface area contributed by atoms with Crippen molar-refractivity contribution in [1.82, 2.24) is 0 Å². The molecule has 0 aromatic rings. The zero-order chi connectivity index (χ0) is 11.4. The van der Waals surface area contributed by atoms with Gasteiger partial charge in [0.2, 0.25) is 0 Å². The third-order valence-corrected chi connectivity index (χ3v) is 11.1. The molecule has 0 rings (SSSR count). The van der Waals surface area contributed by atoms with Crippen LogP contribution < -0.4 is 0 Å². The van der Waals surface area contributed by atoms with Crippen LogP contribution in [0.25, 0.3) is 0 Å². The van der Waals surface area contributed by atoms with Crippen LogP contribution in [-0.2, 0) is 16.6 Å². The average Bonchev–Trinajstić information content (AvgIpc) is 1.76. The van der Waals surface area contributed by atoms with E-state index in [0.717, 1.165) is 17.8 Å². The maximum absolute atomic E-state index is 2.67. The Bertz CT molecular complexity index is 121. The standard InChI is InChI=1S/3C4H9.CH3.Ti/c3*1-4(2)3;;/h3*4H,1H2,2-3H3;1H3;. The summed E-state index contributed by atoms with van der Waals surface area (Å²) in [5, 5.41) is 2.67. The van der Waals surface area contributed by atoms with Crippen LogP contribution >= 0.6 is 0 Å². The van der Waals surface area contributed by atoms with Crippen LogP contribution in [0.3, 0.4) is 0 Å². The molecule has 0 radical (unpaired) electrons. The van der Waals surface area contributed by atoms with Gasteiger partial charge in [-0.2, -0.15) is 0 Å². The first-order valence-electron chi connectivity index (χ1n) is 6.25.